The van der Waals surface area contributed by atoms with Crippen LogP contribution >= 0.6 is 11.6 Å². The van der Waals surface area contributed by atoms with Crippen molar-refractivity contribution in [3.63, 3.8) is 0 Å². The average Bonchev–Trinajstić information content (AvgIpc) is 2.92. The van der Waals surface area contributed by atoms with Gasteiger partial charge in [0, 0.05) is 18.1 Å². The van der Waals surface area contributed by atoms with Gasteiger partial charge in [0.1, 0.15) is 11.9 Å². The number of nitrogens with one attached hydrogen (secondary N) is 1. The lowest BCUT2D eigenvalue weighted by Gasteiger charge is -2.32. The summed E-state index contributed by atoms with van der Waals surface area (Å²) in [4.78, 5) is 28.9. The number of benzene rings is 4. The molecule has 0 unspecified atom stereocenters. The van der Waals surface area contributed by atoms with Gasteiger partial charge >= 0.3 is 0 Å². The van der Waals surface area contributed by atoms with Gasteiger partial charge in [-0.05, 0) is 52.9 Å². The van der Waals surface area contributed by atoms with Crippen molar-refractivity contribution in [2.24, 2.45) is 0 Å². The zero-order chi connectivity index (χ0) is 26.0. The molecule has 4 aromatic rings. The second kappa shape index (κ2) is 12.8. The molecule has 0 radical (unpaired) electrons. The molecule has 4 rings (SSSR count). The van der Waals surface area contributed by atoms with E-state index >= 15 is 0 Å². The molecule has 0 bridgehead atoms. The van der Waals surface area contributed by atoms with E-state index in [1.165, 1.54) is 12.1 Å². The number of amides is 2. The van der Waals surface area contributed by atoms with Crippen LogP contribution in [0.25, 0.3) is 0 Å². The molecule has 0 aromatic heterocycles. The molecule has 0 saturated heterocycles. The van der Waals surface area contributed by atoms with Gasteiger partial charge in [-0.15, -0.1) is 0 Å². The van der Waals surface area contributed by atoms with E-state index in [2.05, 4.69) is 5.32 Å². The van der Waals surface area contributed by atoms with Crippen molar-refractivity contribution in [1.29, 1.82) is 0 Å². The summed E-state index contributed by atoms with van der Waals surface area (Å²) in [6.07, 6.45) is 0.768. The van der Waals surface area contributed by atoms with Crippen LogP contribution in [0.4, 0.5) is 4.39 Å². The number of halogens is 2. The molecule has 0 aliphatic heterocycles. The van der Waals surface area contributed by atoms with Crippen LogP contribution in [0.1, 0.15) is 28.3 Å². The van der Waals surface area contributed by atoms with Gasteiger partial charge in [0.05, 0.1) is 6.42 Å². The lowest BCUT2D eigenvalue weighted by Crippen LogP contribution is -2.44. The van der Waals surface area contributed by atoms with Crippen molar-refractivity contribution in [3.05, 3.63) is 142 Å². The summed E-state index contributed by atoms with van der Waals surface area (Å²) < 4.78 is 13.6. The normalized spacial score (nSPS) is 11.5. The molecule has 4 aromatic carbocycles. The maximum atomic E-state index is 13.7. The minimum Gasteiger partial charge on any atom is -0.354 e. The quantitative estimate of drug-likeness (QED) is 0.276. The number of nitrogens with zero attached hydrogens (tertiary/aromatic N) is 1. The van der Waals surface area contributed by atoms with Gasteiger partial charge in [0.15, 0.2) is 0 Å². The third-order valence-electron chi connectivity index (χ3n) is 6.09. The first-order chi connectivity index (χ1) is 18.0. The third-order valence-corrected chi connectivity index (χ3v) is 6.34. The molecule has 0 aliphatic carbocycles. The highest BCUT2D eigenvalue weighted by Crippen LogP contribution is 2.25. The first kappa shape index (κ1) is 26.1. The second-order valence-corrected chi connectivity index (χ2v) is 9.23. The lowest BCUT2D eigenvalue weighted by molar-refractivity contribution is -0.141. The van der Waals surface area contributed by atoms with Gasteiger partial charge in [0.25, 0.3) is 0 Å². The highest BCUT2D eigenvalue weighted by Gasteiger charge is 2.31. The van der Waals surface area contributed by atoms with E-state index < -0.39 is 6.04 Å². The van der Waals surface area contributed by atoms with Crippen LogP contribution in [0.5, 0.6) is 0 Å². The minimum absolute atomic E-state index is 0.0962. The van der Waals surface area contributed by atoms with E-state index in [4.69, 9.17) is 11.6 Å². The van der Waals surface area contributed by atoms with E-state index in [9.17, 15) is 14.0 Å². The van der Waals surface area contributed by atoms with E-state index in [1.54, 1.807) is 41.3 Å². The molecule has 0 aliphatic rings. The topological polar surface area (TPSA) is 49.4 Å². The fraction of sp³-hybridized carbons (Fsp3) is 0.161. The highest BCUT2D eigenvalue weighted by molar-refractivity contribution is 6.30. The van der Waals surface area contributed by atoms with Crippen LogP contribution in [0.15, 0.2) is 109 Å². The Labute approximate surface area is 221 Å². The van der Waals surface area contributed by atoms with Gasteiger partial charge in [0.2, 0.25) is 11.8 Å². The Morgan fingerprint density at radius 3 is 2.00 bits per heavy atom. The standard InChI is InChI=1S/C31H28ClFN2O2/c32-27-15-11-24(12-16-27)21-29(36)35(22-25-13-17-28(33)18-14-25)30(26-9-5-2-6-10-26)31(37)34-20-19-23-7-3-1-4-8-23/h1-18,30H,19-22H2,(H,34,37)/t30-/m1/s1. The van der Waals surface area contributed by atoms with Crippen molar-refractivity contribution in [2.45, 2.75) is 25.4 Å². The highest BCUT2D eigenvalue weighted by atomic mass is 35.5. The van der Waals surface area contributed by atoms with Crippen molar-refractivity contribution in [3.8, 4) is 0 Å². The maximum absolute atomic E-state index is 13.7. The molecular formula is C31H28ClFN2O2. The molecule has 188 valence electrons. The summed E-state index contributed by atoms with van der Waals surface area (Å²) in [6.45, 7) is 0.584. The van der Waals surface area contributed by atoms with Gasteiger partial charge in [-0.3, -0.25) is 9.59 Å². The predicted octanol–water partition coefficient (Wildman–Crippen LogP) is 6.15. The predicted molar refractivity (Wildman–Crippen MR) is 144 cm³/mol. The molecule has 37 heavy (non-hydrogen) atoms. The Bertz CT molecular complexity index is 1300. The fourth-order valence-electron chi connectivity index (χ4n) is 4.17. The molecular weight excluding hydrogens is 487 g/mol. The van der Waals surface area contributed by atoms with E-state index in [-0.39, 0.29) is 30.6 Å². The molecule has 0 heterocycles. The zero-order valence-corrected chi connectivity index (χ0v) is 21.1. The Kier molecular flexibility index (Phi) is 9.06. The van der Waals surface area contributed by atoms with Crippen LogP contribution in [0.3, 0.4) is 0 Å². The van der Waals surface area contributed by atoms with Crippen molar-refractivity contribution in [2.75, 3.05) is 6.54 Å². The Balaban J connectivity index is 1.62. The van der Waals surface area contributed by atoms with Gasteiger partial charge < -0.3 is 10.2 Å². The SMILES string of the molecule is O=C(NCCc1ccccc1)[C@@H](c1ccccc1)N(Cc1ccc(F)cc1)C(=O)Cc1ccc(Cl)cc1. The van der Waals surface area contributed by atoms with Crippen LogP contribution in [0, 0.1) is 5.82 Å². The van der Waals surface area contributed by atoms with Crippen molar-refractivity contribution in [1.82, 2.24) is 10.2 Å². The molecule has 1 N–H and O–H groups in total. The molecule has 0 saturated carbocycles. The molecule has 4 nitrogen and oxygen atoms in total. The summed E-state index contributed by atoms with van der Waals surface area (Å²) in [7, 11) is 0. The zero-order valence-electron chi connectivity index (χ0n) is 20.3. The number of rotatable bonds is 10. The summed E-state index contributed by atoms with van der Waals surface area (Å²) >= 11 is 6.02. The minimum atomic E-state index is -0.859. The van der Waals surface area contributed by atoms with Crippen molar-refractivity contribution >= 4 is 23.4 Å². The monoisotopic (exact) mass is 514 g/mol. The van der Waals surface area contributed by atoms with Gasteiger partial charge in [-0.1, -0.05) is 96.5 Å². The Morgan fingerprint density at radius 2 is 1.35 bits per heavy atom. The largest absolute Gasteiger partial charge is 0.354 e. The summed E-state index contributed by atoms with van der Waals surface area (Å²) in [5, 5.41) is 3.60. The number of hydrogen-bond acceptors (Lipinski definition) is 2. The Morgan fingerprint density at radius 1 is 0.757 bits per heavy atom. The number of hydrogen-bond donors (Lipinski definition) is 1. The third kappa shape index (κ3) is 7.51. The fourth-order valence-corrected chi connectivity index (χ4v) is 4.29. The Hall–Kier alpha value is -3.96. The van der Waals surface area contributed by atoms with Crippen LogP contribution in [0.2, 0.25) is 5.02 Å². The van der Waals surface area contributed by atoms with Gasteiger partial charge in [-0.25, -0.2) is 4.39 Å². The summed E-state index contributed by atoms with van der Waals surface area (Å²) in [5.74, 6) is -0.853. The van der Waals surface area contributed by atoms with Gasteiger partial charge in [-0.2, -0.15) is 0 Å². The van der Waals surface area contributed by atoms with Crippen molar-refractivity contribution < 1.29 is 14.0 Å². The molecule has 0 spiro atoms. The second-order valence-electron chi connectivity index (χ2n) is 8.79. The summed E-state index contributed by atoms with van der Waals surface area (Å²) in [6, 6.07) is 31.3. The molecule has 1 atom stereocenters. The first-order valence-corrected chi connectivity index (χ1v) is 12.5. The van der Waals surface area contributed by atoms with Crippen LogP contribution < -0.4 is 5.32 Å². The summed E-state index contributed by atoms with van der Waals surface area (Å²) in [5.41, 5.74) is 3.32. The van der Waals surface area contributed by atoms with Crippen LogP contribution in [-0.2, 0) is 29.0 Å². The molecule has 6 heteroatoms. The smallest absolute Gasteiger partial charge is 0.247 e. The van der Waals surface area contributed by atoms with E-state index in [1.807, 2.05) is 60.7 Å². The number of carbonyl (C=O) groups excluding carboxylic acids is 2. The molecule has 0 fully saturated rings. The lowest BCUT2D eigenvalue weighted by atomic mass is 10.0. The van der Waals surface area contributed by atoms with E-state index in [0.717, 1.165) is 16.7 Å². The molecule has 2 amide bonds. The van der Waals surface area contributed by atoms with Crippen LogP contribution in [-0.4, -0.2) is 23.3 Å². The average molecular weight is 515 g/mol. The maximum Gasteiger partial charge on any atom is 0.247 e. The number of carbonyl (C=O) groups is 2. The first-order valence-electron chi connectivity index (χ1n) is 12.1. The van der Waals surface area contributed by atoms with E-state index in [0.29, 0.717) is 23.6 Å².